The van der Waals surface area contributed by atoms with Crippen LogP contribution in [-0.4, -0.2) is 55.6 Å². The molecule has 8 heteroatoms. The van der Waals surface area contributed by atoms with E-state index in [-0.39, 0.29) is 5.82 Å². The predicted molar refractivity (Wildman–Crippen MR) is 119 cm³/mol. The molecule has 0 bridgehead atoms. The first-order valence-corrected chi connectivity index (χ1v) is 10.9. The van der Waals surface area contributed by atoms with Crippen LogP contribution >= 0.6 is 11.3 Å². The van der Waals surface area contributed by atoms with Crippen molar-refractivity contribution in [1.82, 2.24) is 20.5 Å². The van der Waals surface area contributed by atoms with Gasteiger partial charge in [-0.1, -0.05) is 13.0 Å². The summed E-state index contributed by atoms with van der Waals surface area (Å²) in [5, 5.41) is 7.62. The van der Waals surface area contributed by atoms with Crippen LogP contribution in [0, 0.1) is 19.7 Å². The number of aliphatic imine (C=N–C) groups is 1. The number of hydrogen-bond acceptors (Lipinski definition) is 5. The fourth-order valence-electron chi connectivity index (χ4n) is 3.53. The summed E-state index contributed by atoms with van der Waals surface area (Å²) in [4.78, 5) is 14.4. The van der Waals surface area contributed by atoms with E-state index in [1.54, 1.807) is 24.5 Å². The largest absolute Gasteiger partial charge is 0.367 e. The summed E-state index contributed by atoms with van der Waals surface area (Å²) >= 11 is 1.69. The second kappa shape index (κ2) is 10.0. The molecule has 1 aromatic heterocycles. The van der Waals surface area contributed by atoms with Crippen molar-refractivity contribution in [2.45, 2.75) is 33.9 Å². The van der Waals surface area contributed by atoms with Crippen molar-refractivity contribution in [3.8, 4) is 0 Å². The van der Waals surface area contributed by atoms with Crippen molar-refractivity contribution in [3.63, 3.8) is 0 Å². The van der Waals surface area contributed by atoms with Crippen LogP contribution in [0.5, 0.6) is 0 Å². The maximum atomic E-state index is 14.7. The number of aryl methyl sites for hydroxylation is 2. The van der Waals surface area contributed by atoms with Gasteiger partial charge in [0.25, 0.3) is 0 Å². The van der Waals surface area contributed by atoms with Crippen molar-refractivity contribution < 1.29 is 4.39 Å². The highest BCUT2D eigenvalue weighted by Crippen LogP contribution is 2.22. The Morgan fingerprint density at radius 3 is 2.48 bits per heavy atom. The average molecular weight is 419 g/mol. The second-order valence-corrected chi connectivity index (χ2v) is 8.52. The molecule has 0 saturated carbocycles. The first-order valence-electron chi connectivity index (χ1n) is 10.1. The van der Waals surface area contributed by atoms with Crippen LogP contribution in [0.15, 0.2) is 23.2 Å². The minimum Gasteiger partial charge on any atom is -0.367 e. The van der Waals surface area contributed by atoms with Gasteiger partial charge in [-0.3, -0.25) is 4.99 Å². The van der Waals surface area contributed by atoms with Gasteiger partial charge in [-0.25, -0.2) is 9.37 Å². The summed E-state index contributed by atoms with van der Waals surface area (Å²) in [7, 11) is 1.74. The average Bonchev–Trinajstić information content (AvgIpc) is 3.05. The zero-order valence-corrected chi connectivity index (χ0v) is 18.6. The van der Waals surface area contributed by atoms with Crippen LogP contribution in [-0.2, 0) is 13.1 Å². The maximum Gasteiger partial charge on any atom is 0.191 e. The molecular formula is C21H31FN6S. The molecule has 3 rings (SSSR count). The number of nitrogens with one attached hydrogen (secondary N) is 2. The van der Waals surface area contributed by atoms with E-state index in [2.05, 4.69) is 37.3 Å². The van der Waals surface area contributed by atoms with Gasteiger partial charge in [0.1, 0.15) is 5.82 Å². The number of piperazine rings is 1. The zero-order chi connectivity index (χ0) is 20.8. The normalized spacial score (nSPS) is 15.6. The Labute approximate surface area is 176 Å². The third kappa shape index (κ3) is 5.67. The highest BCUT2D eigenvalue weighted by molar-refractivity contribution is 7.11. The van der Waals surface area contributed by atoms with Crippen molar-refractivity contribution in [2.24, 2.45) is 4.99 Å². The lowest BCUT2D eigenvalue weighted by atomic mass is 10.1. The molecule has 1 fully saturated rings. The fraction of sp³-hybridized carbons (Fsp3) is 0.524. The molecule has 0 radical (unpaired) electrons. The molecule has 1 saturated heterocycles. The van der Waals surface area contributed by atoms with Crippen LogP contribution in [0.25, 0.3) is 0 Å². The quantitative estimate of drug-likeness (QED) is 0.558. The van der Waals surface area contributed by atoms with E-state index in [1.165, 1.54) is 4.88 Å². The molecule has 1 aliphatic heterocycles. The molecule has 0 aliphatic carbocycles. The van der Waals surface area contributed by atoms with Gasteiger partial charge in [-0.05, 0) is 38.1 Å². The molecule has 158 valence electrons. The number of aromatic nitrogens is 1. The third-order valence-corrected chi connectivity index (χ3v) is 6.34. The fourth-order valence-corrected chi connectivity index (χ4v) is 4.41. The van der Waals surface area contributed by atoms with Crippen LogP contribution in [0.1, 0.15) is 28.1 Å². The van der Waals surface area contributed by atoms with Crippen LogP contribution in [0.2, 0.25) is 0 Å². The van der Waals surface area contributed by atoms with Gasteiger partial charge in [0.15, 0.2) is 5.96 Å². The van der Waals surface area contributed by atoms with Crippen LogP contribution in [0.3, 0.4) is 0 Å². The number of rotatable bonds is 6. The first kappa shape index (κ1) is 21.5. The molecule has 2 aromatic rings. The smallest absolute Gasteiger partial charge is 0.191 e. The van der Waals surface area contributed by atoms with Crippen molar-refractivity contribution in [2.75, 3.05) is 44.7 Å². The number of benzene rings is 1. The molecule has 29 heavy (non-hydrogen) atoms. The van der Waals surface area contributed by atoms with E-state index in [4.69, 9.17) is 0 Å². The third-order valence-electron chi connectivity index (χ3n) is 5.27. The summed E-state index contributed by atoms with van der Waals surface area (Å²) in [5.74, 6) is 0.531. The molecule has 1 aromatic carbocycles. The molecule has 2 N–H and O–H groups in total. The van der Waals surface area contributed by atoms with Gasteiger partial charge in [-0.15, -0.1) is 11.3 Å². The minimum atomic E-state index is -0.159. The summed E-state index contributed by atoms with van der Waals surface area (Å²) in [6, 6.07) is 5.51. The number of anilines is 1. The Hall–Kier alpha value is -2.19. The van der Waals surface area contributed by atoms with Crippen LogP contribution < -0.4 is 15.5 Å². The lowest BCUT2D eigenvalue weighted by molar-refractivity contribution is 0.270. The number of likely N-dealkylation sites (N-methyl/N-ethyl adjacent to an activating group) is 1. The second-order valence-electron chi connectivity index (χ2n) is 7.23. The van der Waals surface area contributed by atoms with Crippen molar-refractivity contribution in [1.29, 1.82) is 0 Å². The topological polar surface area (TPSA) is 55.8 Å². The van der Waals surface area contributed by atoms with E-state index in [1.807, 2.05) is 26.0 Å². The van der Waals surface area contributed by atoms with Gasteiger partial charge in [0.2, 0.25) is 0 Å². The molecule has 6 nitrogen and oxygen atoms in total. The van der Waals surface area contributed by atoms with Gasteiger partial charge >= 0.3 is 0 Å². The monoisotopic (exact) mass is 418 g/mol. The van der Waals surface area contributed by atoms with E-state index in [0.717, 1.165) is 49.0 Å². The summed E-state index contributed by atoms with van der Waals surface area (Å²) in [6.07, 6.45) is 0. The van der Waals surface area contributed by atoms with Gasteiger partial charge < -0.3 is 20.4 Å². The SMILES string of the molecule is CCN1CCN(c2ccc(CNC(=NC)NCc3sc(C)nc3C)cc2F)CC1. The molecule has 0 unspecified atom stereocenters. The molecule has 0 amide bonds. The van der Waals surface area contributed by atoms with E-state index >= 15 is 0 Å². The lowest BCUT2D eigenvalue weighted by Gasteiger charge is -2.35. The standard InChI is InChI=1S/C21H31FN6S/c1-5-27-8-10-28(11-9-27)19-7-6-17(12-18(19)22)13-24-21(23-4)25-14-20-15(2)26-16(3)29-20/h6-7,12H,5,8-11,13-14H2,1-4H3,(H2,23,24,25). The Morgan fingerprint density at radius 1 is 1.17 bits per heavy atom. The Balaban J connectivity index is 1.53. The van der Waals surface area contributed by atoms with E-state index in [0.29, 0.717) is 24.7 Å². The molecule has 2 heterocycles. The maximum absolute atomic E-state index is 14.7. The molecular weight excluding hydrogens is 387 g/mol. The number of guanidine groups is 1. The molecule has 1 aliphatic rings. The van der Waals surface area contributed by atoms with E-state index in [9.17, 15) is 4.39 Å². The highest BCUT2D eigenvalue weighted by Gasteiger charge is 2.18. The van der Waals surface area contributed by atoms with Gasteiger partial charge in [-0.2, -0.15) is 0 Å². The Kier molecular flexibility index (Phi) is 7.44. The number of halogens is 1. The van der Waals surface area contributed by atoms with Crippen molar-refractivity contribution in [3.05, 3.63) is 45.2 Å². The summed E-state index contributed by atoms with van der Waals surface area (Å²) in [5.41, 5.74) is 2.64. The highest BCUT2D eigenvalue weighted by atomic mass is 32.1. The first-order chi connectivity index (χ1) is 14.0. The zero-order valence-electron chi connectivity index (χ0n) is 17.8. The van der Waals surface area contributed by atoms with E-state index < -0.39 is 0 Å². The molecule has 0 atom stereocenters. The van der Waals surface area contributed by atoms with Crippen LogP contribution in [0.4, 0.5) is 10.1 Å². The van der Waals surface area contributed by atoms with Gasteiger partial charge in [0, 0.05) is 44.6 Å². The van der Waals surface area contributed by atoms with Gasteiger partial charge in [0.05, 0.1) is 22.9 Å². The Morgan fingerprint density at radius 2 is 1.90 bits per heavy atom. The van der Waals surface area contributed by atoms with Crippen molar-refractivity contribution >= 4 is 23.0 Å². The summed E-state index contributed by atoms with van der Waals surface area (Å²) < 4.78 is 14.7. The minimum absolute atomic E-state index is 0.159. The Bertz CT molecular complexity index is 842. The number of thiazole rings is 1. The number of nitrogens with zero attached hydrogens (tertiary/aromatic N) is 4. The lowest BCUT2D eigenvalue weighted by Crippen LogP contribution is -2.46. The summed E-state index contributed by atoms with van der Waals surface area (Å²) in [6.45, 7) is 12.2. The number of hydrogen-bond donors (Lipinski definition) is 2. The molecule has 0 spiro atoms. The predicted octanol–water partition coefficient (Wildman–Crippen LogP) is 2.91.